The van der Waals surface area contributed by atoms with Gasteiger partial charge in [0.25, 0.3) is 11.8 Å². The number of nitrogens with one attached hydrogen (secondary N) is 1. The molecule has 0 saturated carbocycles. The van der Waals surface area contributed by atoms with Crippen LogP contribution in [0.4, 0.5) is 17.1 Å². The standard InChI is InChI=1S/C44H47N5O5/c1-31(11-10-18-40(51)46-28-34-15-9-8-14-33(34)25-37(46)29-50)44(54)38-26-36(19-20-39(38)47(42(44)53)27-32-12-4-2-5-13-32)48-30-49(35-16-6-3-7-17-35)43(41(48)52)21-23-45-24-22-43/h2-17,19-20,26,31,37,45,50,54H,18,21-25,27-30H2,1H3/b11-10+/t31-,37-,44+/m0/s1. The zero-order valence-corrected chi connectivity index (χ0v) is 30.6. The zero-order chi connectivity index (χ0) is 37.5. The number of benzene rings is 4. The fraction of sp³-hybridized carbons (Fsp3) is 0.341. The van der Waals surface area contributed by atoms with Gasteiger partial charge in [0, 0.05) is 35.8 Å². The van der Waals surface area contributed by atoms with Crippen LogP contribution in [0.15, 0.2) is 115 Å². The van der Waals surface area contributed by atoms with Crippen LogP contribution in [-0.2, 0) is 39.5 Å². The van der Waals surface area contributed by atoms with Crippen LogP contribution in [0.25, 0.3) is 0 Å². The van der Waals surface area contributed by atoms with Gasteiger partial charge in [-0.25, -0.2) is 0 Å². The average Bonchev–Trinajstić information content (AvgIpc) is 3.60. The third-order valence-corrected chi connectivity index (χ3v) is 12.0. The summed E-state index contributed by atoms with van der Waals surface area (Å²) < 4.78 is 0. The monoisotopic (exact) mass is 725 g/mol. The molecule has 10 heteroatoms. The Kier molecular flexibility index (Phi) is 9.60. The van der Waals surface area contributed by atoms with Gasteiger partial charge in [-0.1, -0.05) is 91.9 Å². The molecule has 3 N–H and O–H groups in total. The van der Waals surface area contributed by atoms with Crippen molar-refractivity contribution in [2.45, 2.75) is 62.9 Å². The third-order valence-electron chi connectivity index (χ3n) is 12.0. The first kappa shape index (κ1) is 35.7. The van der Waals surface area contributed by atoms with Crippen molar-refractivity contribution >= 4 is 34.8 Å². The summed E-state index contributed by atoms with van der Waals surface area (Å²) in [4.78, 5) is 49.9. The Morgan fingerprint density at radius 1 is 0.889 bits per heavy atom. The van der Waals surface area contributed by atoms with Crippen LogP contribution in [-0.4, -0.2) is 70.8 Å². The number of aliphatic hydroxyl groups excluding tert-OH is 1. The third kappa shape index (κ3) is 6.08. The first-order valence-corrected chi connectivity index (χ1v) is 19.0. The van der Waals surface area contributed by atoms with Crippen molar-refractivity contribution in [1.82, 2.24) is 10.2 Å². The summed E-state index contributed by atoms with van der Waals surface area (Å²) in [5, 5.41) is 26.2. The molecule has 0 bridgehead atoms. The lowest BCUT2D eigenvalue weighted by molar-refractivity contribution is -0.139. The van der Waals surface area contributed by atoms with Gasteiger partial charge in [0.1, 0.15) is 5.54 Å². The Labute approximate surface area is 316 Å². The Bertz CT molecular complexity index is 2070. The summed E-state index contributed by atoms with van der Waals surface area (Å²) in [7, 11) is 0. The molecule has 4 aromatic carbocycles. The molecule has 4 aromatic rings. The van der Waals surface area contributed by atoms with E-state index in [0.29, 0.717) is 49.4 Å². The molecule has 2 fully saturated rings. The topological polar surface area (TPSA) is 117 Å². The molecule has 4 aliphatic heterocycles. The van der Waals surface area contributed by atoms with Gasteiger partial charge in [0.05, 0.1) is 31.5 Å². The number of hydrogen-bond acceptors (Lipinski definition) is 7. The minimum absolute atomic E-state index is 0.00906. The van der Waals surface area contributed by atoms with E-state index in [2.05, 4.69) is 10.2 Å². The van der Waals surface area contributed by atoms with E-state index in [1.165, 1.54) is 0 Å². The summed E-state index contributed by atoms with van der Waals surface area (Å²) in [5.41, 5.74) is 3.09. The number of nitrogens with zero attached hydrogens (tertiary/aromatic N) is 4. The van der Waals surface area contributed by atoms with E-state index in [9.17, 15) is 24.6 Å². The molecule has 2 saturated heterocycles. The van der Waals surface area contributed by atoms with Crippen molar-refractivity contribution < 1.29 is 24.6 Å². The van der Waals surface area contributed by atoms with Gasteiger partial charge in [-0.05, 0) is 79.4 Å². The first-order chi connectivity index (χ1) is 26.2. The minimum Gasteiger partial charge on any atom is -0.394 e. The van der Waals surface area contributed by atoms with E-state index < -0.39 is 23.0 Å². The summed E-state index contributed by atoms with van der Waals surface area (Å²) in [5.74, 6) is -1.29. The summed E-state index contributed by atoms with van der Waals surface area (Å²) >= 11 is 0. The molecule has 0 unspecified atom stereocenters. The molecule has 278 valence electrons. The van der Waals surface area contributed by atoms with Crippen LogP contribution >= 0.6 is 0 Å². The van der Waals surface area contributed by atoms with Crippen molar-refractivity contribution in [3.8, 4) is 0 Å². The Morgan fingerprint density at radius 3 is 2.30 bits per heavy atom. The first-order valence-electron chi connectivity index (χ1n) is 19.0. The van der Waals surface area contributed by atoms with E-state index in [1.54, 1.807) is 33.8 Å². The minimum atomic E-state index is -1.95. The molecule has 10 nitrogen and oxygen atoms in total. The van der Waals surface area contributed by atoms with E-state index >= 15 is 0 Å². The van der Waals surface area contributed by atoms with Crippen LogP contribution in [0, 0.1) is 5.92 Å². The van der Waals surface area contributed by atoms with Crippen LogP contribution in [0.3, 0.4) is 0 Å². The second-order valence-electron chi connectivity index (χ2n) is 15.0. The molecule has 0 radical (unpaired) electrons. The van der Waals surface area contributed by atoms with Gasteiger partial charge in [0.2, 0.25) is 5.91 Å². The Morgan fingerprint density at radius 2 is 1.57 bits per heavy atom. The summed E-state index contributed by atoms with van der Waals surface area (Å²) in [6.07, 6.45) is 5.44. The van der Waals surface area contributed by atoms with Gasteiger partial charge >= 0.3 is 0 Å². The lowest BCUT2D eigenvalue weighted by Gasteiger charge is -2.39. The summed E-state index contributed by atoms with van der Waals surface area (Å²) in [6, 6.07) is 32.9. The highest BCUT2D eigenvalue weighted by atomic mass is 16.3. The normalized spacial score (nSPS) is 22.6. The van der Waals surface area contributed by atoms with Gasteiger partial charge < -0.3 is 30.2 Å². The van der Waals surface area contributed by atoms with Crippen LogP contribution < -0.4 is 20.0 Å². The number of fused-ring (bicyclic) bond motifs is 2. The molecule has 4 aliphatic rings. The maximum Gasteiger partial charge on any atom is 0.264 e. The van der Waals surface area contributed by atoms with Gasteiger partial charge in [-0.2, -0.15) is 0 Å². The van der Waals surface area contributed by atoms with Gasteiger partial charge in [0.15, 0.2) is 5.60 Å². The molecule has 3 atom stereocenters. The molecule has 54 heavy (non-hydrogen) atoms. The highest BCUT2D eigenvalue weighted by Crippen LogP contribution is 2.48. The molecule has 8 rings (SSSR count). The predicted molar refractivity (Wildman–Crippen MR) is 209 cm³/mol. The fourth-order valence-corrected chi connectivity index (χ4v) is 8.87. The van der Waals surface area contributed by atoms with Crippen molar-refractivity contribution in [2.24, 2.45) is 5.92 Å². The number of carbonyl (C=O) groups is 3. The number of piperidine rings is 1. The average molecular weight is 726 g/mol. The number of aliphatic hydroxyl groups is 2. The Balaban J connectivity index is 1.10. The lowest BCUT2D eigenvalue weighted by Crippen LogP contribution is -2.55. The fourth-order valence-electron chi connectivity index (χ4n) is 8.87. The number of carbonyl (C=O) groups excluding carboxylic acids is 3. The number of hydrogen-bond donors (Lipinski definition) is 3. The van der Waals surface area contributed by atoms with Crippen LogP contribution in [0.5, 0.6) is 0 Å². The van der Waals surface area contributed by atoms with E-state index in [1.807, 2.05) is 103 Å². The second-order valence-corrected chi connectivity index (χ2v) is 15.0. The van der Waals surface area contributed by atoms with Crippen molar-refractivity contribution in [3.05, 3.63) is 138 Å². The summed E-state index contributed by atoms with van der Waals surface area (Å²) in [6.45, 7) is 4.15. The molecule has 0 aromatic heterocycles. The van der Waals surface area contributed by atoms with Crippen LogP contribution in [0.1, 0.15) is 48.4 Å². The number of anilines is 3. The smallest absolute Gasteiger partial charge is 0.264 e. The molecular formula is C44H47N5O5. The Hall–Kier alpha value is -5.29. The number of amides is 3. The van der Waals surface area contributed by atoms with Crippen molar-refractivity contribution in [2.75, 3.05) is 41.1 Å². The molecular weight excluding hydrogens is 679 g/mol. The van der Waals surface area contributed by atoms with E-state index in [4.69, 9.17) is 0 Å². The number of rotatable bonds is 9. The van der Waals surface area contributed by atoms with E-state index in [0.717, 1.165) is 35.5 Å². The zero-order valence-electron chi connectivity index (χ0n) is 30.6. The second kappa shape index (κ2) is 14.5. The van der Waals surface area contributed by atoms with Gasteiger partial charge in [-0.15, -0.1) is 0 Å². The van der Waals surface area contributed by atoms with E-state index in [-0.39, 0.29) is 37.4 Å². The number of para-hydroxylation sites is 1. The molecule has 3 amide bonds. The largest absolute Gasteiger partial charge is 0.394 e. The van der Waals surface area contributed by atoms with Gasteiger partial charge in [-0.3, -0.25) is 19.3 Å². The van der Waals surface area contributed by atoms with Crippen LogP contribution in [0.2, 0.25) is 0 Å². The highest BCUT2D eigenvalue weighted by molar-refractivity contribution is 6.10. The highest BCUT2D eigenvalue weighted by Gasteiger charge is 2.55. The maximum atomic E-state index is 14.5. The van der Waals surface area contributed by atoms with Crippen molar-refractivity contribution in [1.29, 1.82) is 0 Å². The molecule has 0 aliphatic carbocycles. The maximum absolute atomic E-state index is 14.5. The van der Waals surface area contributed by atoms with Crippen molar-refractivity contribution in [3.63, 3.8) is 0 Å². The quantitative estimate of drug-likeness (QED) is 0.211. The molecule has 1 spiro atoms. The lowest BCUT2D eigenvalue weighted by atomic mass is 9.82. The molecule has 4 heterocycles. The predicted octanol–water partition coefficient (Wildman–Crippen LogP) is 4.88. The SMILES string of the molecule is C[C@@H](/C=C/CC(=O)N1Cc2ccccc2C[C@H]1CO)[C@]1(O)C(=O)N(Cc2ccccc2)c2ccc(N3CN(c4ccccc4)C4(CCNCC4)C3=O)cc21.